The molecule has 0 saturated carbocycles. The Hall–Kier alpha value is -2.34. The van der Waals surface area contributed by atoms with E-state index in [4.69, 9.17) is 0 Å². The van der Waals surface area contributed by atoms with Gasteiger partial charge in [-0.05, 0) is 38.1 Å². The monoisotopic (exact) mass is 303 g/mol. The molecule has 0 radical (unpaired) electrons. The maximum absolute atomic E-state index is 12.2. The lowest BCUT2D eigenvalue weighted by Crippen LogP contribution is -2.24. The van der Waals surface area contributed by atoms with Crippen molar-refractivity contribution >= 4 is 34.6 Å². The van der Waals surface area contributed by atoms with E-state index in [0.717, 1.165) is 9.75 Å². The van der Waals surface area contributed by atoms with Gasteiger partial charge in [0.25, 0.3) is 5.91 Å². The van der Waals surface area contributed by atoms with Gasteiger partial charge in [-0.2, -0.15) is 0 Å². The Kier molecular flexibility index (Phi) is 4.59. The smallest absolute Gasteiger partial charge is 0.318 e. The molecule has 0 aliphatic carbocycles. The molecule has 0 atom stereocenters. The fourth-order valence-electron chi connectivity index (χ4n) is 1.92. The number of thiophene rings is 1. The average molecular weight is 303 g/mol. The molecule has 1 aromatic heterocycles. The van der Waals surface area contributed by atoms with Crippen LogP contribution in [0.4, 0.5) is 16.2 Å². The number of rotatable bonds is 3. The van der Waals surface area contributed by atoms with Crippen molar-refractivity contribution in [2.24, 2.45) is 0 Å². The highest BCUT2D eigenvalue weighted by Gasteiger charge is 2.12. The van der Waals surface area contributed by atoms with Gasteiger partial charge in [0, 0.05) is 28.2 Å². The van der Waals surface area contributed by atoms with Crippen molar-refractivity contribution in [3.8, 4) is 0 Å². The molecule has 2 rings (SSSR count). The largest absolute Gasteiger partial charge is 0.341 e. The normalized spacial score (nSPS) is 10.0. The quantitative estimate of drug-likeness (QED) is 0.813. The SMILES string of the molecule is CNC(=O)Nc1cccc(NC(=O)c2cc(C)sc2C)c1. The van der Waals surface area contributed by atoms with Crippen LogP contribution in [-0.4, -0.2) is 19.0 Å². The molecular weight excluding hydrogens is 286 g/mol. The van der Waals surface area contributed by atoms with Crippen LogP contribution in [0.3, 0.4) is 0 Å². The molecule has 0 spiro atoms. The summed E-state index contributed by atoms with van der Waals surface area (Å²) in [6.45, 7) is 3.90. The molecule has 5 nitrogen and oxygen atoms in total. The van der Waals surface area contributed by atoms with Gasteiger partial charge in [-0.25, -0.2) is 4.79 Å². The molecular formula is C15H17N3O2S. The summed E-state index contributed by atoms with van der Waals surface area (Å²) in [6.07, 6.45) is 0. The lowest BCUT2D eigenvalue weighted by molar-refractivity contribution is 0.102. The topological polar surface area (TPSA) is 70.2 Å². The second-order valence-electron chi connectivity index (χ2n) is 4.57. The molecule has 0 bridgehead atoms. The molecule has 21 heavy (non-hydrogen) atoms. The van der Waals surface area contributed by atoms with Crippen molar-refractivity contribution in [2.75, 3.05) is 17.7 Å². The molecule has 0 aliphatic heterocycles. The second-order valence-corrected chi connectivity index (χ2v) is 6.03. The van der Waals surface area contributed by atoms with E-state index in [-0.39, 0.29) is 11.9 Å². The second kappa shape index (κ2) is 6.41. The van der Waals surface area contributed by atoms with Crippen molar-refractivity contribution in [3.63, 3.8) is 0 Å². The van der Waals surface area contributed by atoms with Gasteiger partial charge in [0.15, 0.2) is 0 Å². The van der Waals surface area contributed by atoms with Gasteiger partial charge in [-0.15, -0.1) is 11.3 Å². The lowest BCUT2D eigenvalue weighted by Gasteiger charge is -2.08. The third-order valence-electron chi connectivity index (χ3n) is 2.89. The van der Waals surface area contributed by atoms with Crippen LogP contribution in [0.1, 0.15) is 20.1 Å². The Bertz CT molecular complexity index is 679. The molecule has 3 N–H and O–H groups in total. The van der Waals surface area contributed by atoms with Crippen molar-refractivity contribution in [1.82, 2.24) is 5.32 Å². The minimum Gasteiger partial charge on any atom is -0.341 e. The summed E-state index contributed by atoms with van der Waals surface area (Å²) in [5, 5.41) is 7.97. The zero-order chi connectivity index (χ0) is 15.4. The molecule has 0 saturated heterocycles. The molecule has 0 unspecified atom stereocenters. The highest BCUT2D eigenvalue weighted by Crippen LogP contribution is 2.22. The number of benzene rings is 1. The number of hydrogen-bond donors (Lipinski definition) is 3. The Morgan fingerprint density at radius 1 is 1.05 bits per heavy atom. The van der Waals surface area contributed by atoms with E-state index >= 15 is 0 Å². The molecule has 1 aromatic carbocycles. The molecule has 2 aromatic rings. The summed E-state index contributed by atoms with van der Waals surface area (Å²) in [5.41, 5.74) is 1.93. The van der Waals surface area contributed by atoms with Gasteiger partial charge in [-0.3, -0.25) is 4.79 Å². The minimum absolute atomic E-state index is 0.144. The number of carbonyl (C=O) groups excluding carboxylic acids is 2. The predicted molar refractivity (Wildman–Crippen MR) is 86.3 cm³/mol. The summed E-state index contributed by atoms with van der Waals surface area (Å²) in [6, 6.07) is 8.59. The highest BCUT2D eigenvalue weighted by molar-refractivity contribution is 7.12. The summed E-state index contributed by atoms with van der Waals surface area (Å²) < 4.78 is 0. The first-order valence-corrected chi connectivity index (χ1v) is 7.28. The Morgan fingerprint density at radius 3 is 2.29 bits per heavy atom. The number of carbonyl (C=O) groups is 2. The third kappa shape index (κ3) is 3.82. The lowest BCUT2D eigenvalue weighted by atomic mass is 10.2. The summed E-state index contributed by atoms with van der Waals surface area (Å²) >= 11 is 1.60. The van der Waals surface area contributed by atoms with Crippen LogP contribution < -0.4 is 16.0 Å². The zero-order valence-electron chi connectivity index (χ0n) is 12.1. The van der Waals surface area contributed by atoms with E-state index in [9.17, 15) is 9.59 Å². The van der Waals surface area contributed by atoms with E-state index in [1.807, 2.05) is 19.9 Å². The maximum atomic E-state index is 12.2. The number of urea groups is 1. The van der Waals surface area contributed by atoms with E-state index in [2.05, 4.69) is 16.0 Å². The maximum Gasteiger partial charge on any atom is 0.318 e. The van der Waals surface area contributed by atoms with Gasteiger partial charge >= 0.3 is 6.03 Å². The van der Waals surface area contributed by atoms with E-state index in [0.29, 0.717) is 16.9 Å². The average Bonchev–Trinajstić information content (AvgIpc) is 2.78. The molecule has 0 aliphatic rings. The first-order chi connectivity index (χ1) is 9.99. The summed E-state index contributed by atoms with van der Waals surface area (Å²) in [7, 11) is 1.54. The number of hydrogen-bond acceptors (Lipinski definition) is 3. The van der Waals surface area contributed by atoms with Gasteiger partial charge in [0.2, 0.25) is 0 Å². The van der Waals surface area contributed by atoms with Crippen molar-refractivity contribution in [1.29, 1.82) is 0 Å². The van der Waals surface area contributed by atoms with Gasteiger partial charge in [0.05, 0.1) is 5.56 Å². The predicted octanol–water partition coefficient (Wildman–Crippen LogP) is 3.37. The van der Waals surface area contributed by atoms with Crippen LogP contribution in [-0.2, 0) is 0 Å². The summed E-state index contributed by atoms with van der Waals surface area (Å²) in [5.74, 6) is -0.144. The number of aryl methyl sites for hydroxylation is 2. The van der Waals surface area contributed by atoms with Crippen LogP contribution in [0.25, 0.3) is 0 Å². The minimum atomic E-state index is -0.303. The van der Waals surface area contributed by atoms with Gasteiger partial charge in [-0.1, -0.05) is 6.07 Å². The number of amides is 3. The molecule has 3 amide bonds. The standard InChI is InChI=1S/C15H17N3O2S/c1-9-7-13(10(2)21-9)14(19)17-11-5-4-6-12(8-11)18-15(20)16-3/h4-8H,1-3H3,(H,17,19)(H2,16,18,20). The molecule has 0 fully saturated rings. The first-order valence-electron chi connectivity index (χ1n) is 6.47. The first kappa shape index (κ1) is 15.1. The Labute approximate surface area is 127 Å². The van der Waals surface area contributed by atoms with Crippen LogP contribution in [0.2, 0.25) is 0 Å². The fraction of sp³-hybridized carbons (Fsp3) is 0.200. The van der Waals surface area contributed by atoms with Crippen LogP contribution in [0.5, 0.6) is 0 Å². The number of anilines is 2. The zero-order valence-corrected chi connectivity index (χ0v) is 12.9. The van der Waals surface area contributed by atoms with Crippen LogP contribution in [0, 0.1) is 13.8 Å². The Morgan fingerprint density at radius 2 is 1.71 bits per heavy atom. The fourth-order valence-corrected chi connectivity index (χ4v) is 2.84. The van der Waals surface area contributed by atoms with E-state index in [1.165, 1.54) is 0 Å². The van der Waals surface area contributed by atoms with Gasteiger partial charge < -0.3 is 16.0 Å². The van der Waals surface area contributed by atoms with Crippen molar-refractivity contribution in [3.05, 3.63) is 45.6 Å². The third-order valence-corrected chi connectivity index (χ3v) is 3.86. The van der Waals surface area contributed by atoms with Crippen molar-refractivity contribution in [2.45, 2.75) is 13.8 Å². The Balaban J connectivity index is 2.12. The molecule has 110 valence electrons. The van der Waals surface area contributed by atoms with Crippen molar-refractivity contribution < 1.29 is 9.59 Å². The van der Waals surface area contributed by atoms with Crippen LogP contribution >= 0.6 is 11.3 Å². The highest BCUT2D eigenvalue weighted by atomic mass is 32.1. The molecule has 1 heterocycles. The van der Waals surface area contributed by atoms with Crippen LogP contribution in [0.15, 0.2) is 30.3 Å². The van der Waals surface area contributed by atoms with E-state index in [1.54, 1.807) is 42.6 Å². The number of nitrogens with one attached hydrogen (secondary N) is 3. The molecule has 6 heteroatoms. The van der Waals surface area contributed by atoms with E-state index < -0.39 is 0 Å². The summed E-state index contributed by atoms with van der Waals surface area (Å²) in [4.78, 5) is 25.6. The van der Waals surface area contributed by atoms with Gasteiger partial charge in [0.1, 0.15) is 0 Å².